The van der Waals surface area contributed by atoms with E-state index in [4.69, 9.17) is 9.78 Å². The average Bonchev–Trinajstić information content (AvgIpc) is 3.21. The normalized spacial score (nSPS) is 21.9. The van der Waals surface area contributed by atoms with Crippen molar-refractivity contribution in [2.75, 3.05) is 18.0 Å². The number of nitriles is 1. The monoisotopic (exact) mass is 415 g/mol. The molecule has 1 aliphatic heterocycles. The van der Waals surface area contributed by atoms with E-state index in [1.807, 2.05) is 12.1 Å². The van der Waals surface area contributed by atoms with Crippen molar-refractivity contribution in [2.24, 2.45) is 18.9 Å². The van der Waals surface area contributed by atoms with E-state index < -0.39 is 0 Å². The van der Waals surface area contributed by atoms with Crippen molar-refractivity contribution in [3.05, 3.63) is 58.6 Å². The minimum Gasteiger partial charge on any atom is -0.356 e. The predicted molar refractivity (Wildman–Crippen MR) is 107 cm³/mol. The molecule has 0 unspecified atom stereocenters. The summed E-state index contributed by atoms with van der Waals surface area (Å²) in [6.07, 6.45) is 3.02. The molecule has 0 N–H and O–H groups in total. The highest BCUT2D eigenvalue weighted by atomic mass is 16.5. The number of nitrogens with zero attached hydrogens (tertiary/aromatic N) is 9. The van der Waals surface area contributed by atoms with Crippen molar-refractivity contribution in [2.45, 2.75) is 12.5 Å². The molecule has 4 aromatic rings. The standard InChI is InChI=1S/C20H17N9O2/c1-27-9-22-19-17(27)20(30)29(10-23-19)8-15-25-18(26-31-15)16-12-6-28(7-13(12)16)14-4-2-3-11(5-21)24-14/h2-4,9-10,12-13,16H,6-8H2,1H3/t12-,13+,16+. The maximum Gasteiger partial charge on any atom is 0.280 e. The lowest BCUT2D eigenvalue weighted by Crippen LogP contribution is -2.25. The third kappa shape index (κ3) is 2.79. The fourth-order valence-corrected chi connectivity index (χ4v) is 4.56. The molecule has 1 saturated heterocycles. The Hall–Kier alpha value is -4.07. The number of aromatic nitrogens is 7. The summed E-state index contributed by atoms with van der Waals surface area (Å²) in [4.78, 5) is 32.1. The molecule has 0 spiro atoms. The van der Waals surface area contributed by atoms with Gasteiger partial charge in [0.2, 0.25) is 5.89 Å². The van der Waals surface area contributed by atoms with Gasteiger partial charge in [-0.15, -0.1) is 0 Å². The summed E-state index contributed by atoms with van der Waals surface area (Å²) in [6.45, 7) is 1.86. The summed E-state index contributed by atoms with van der Waals surface area (Å²) in [5, 5.41) is 13.2. The van der Waals surface area contributed by atoms with Crippen LogP contribution in [0, 0.1) is 23.2 Å². The van der Waals surface area contributed by atoms with Gasteiger partial charge in [0.25, 0.3) is 5.56 Å². The Balaban J connectivity index is 1.16. The third-order valence-electron chi connectivity index (χ3n) is 6.16. The third-order valence-corrected chi connectivity index (χ3v) is 6.16. The molecule has 1 saturated carbocycles. The zero-order chi connectivity index (χ0) is 21.1. The van der Waals surface area contributed by atoms with Gasteiger partial charge in [0.05, 0.1) is 6.33 Å². The molecule has 154 valence electrons. The number of hydrogen-bond acceptors (Lipinski definition) is 9. The van der Waals surface area contributed by atoms with Gasteiger partial charge in [-0.2, -0.15) is 10.2 Å². The van der Waals surface area contributed by atoms with Crippen molar-refractivity contribution in [1.29, 1.82) is 5.26 Å². The summed E-state index contributed by atoms with van der Waals surface area (Å²) in [5.74, 6) is 3.02. The first kappa shape index (κ1) is 17.8. The van der Waals surface area contributed by atoms with Crippen molar-refractivity contribution >= 4 is 17.0 Å². The number of piperidine rings is 1. The number of anilines is 1. The molecule has 4 aromatic heterocycles. The van der Waals surface area contributed by atoms with Gasteiger partial charge in [0.1, 0.15) is 30.5 Å². The van der Waals surface area contributed by atoms with Crippen molar-refractivity contribution < 1.29 is 4.52 Å². The average molecular weight is 415 g/mol. The number of rotatable bonds is 4. The summed E-state index contributed by atoms with van der Waals surface area (Å²) < 4.78 is 8.52. The fraction of sp³-hybridized carbons (Fsp3) is 0.350. The maximum absolute atomic E-state index is 12.7. The Labute approximate surface area is 175 Å². The molecule has 1 aliphatic carbocycles. The van der Waals surface area contributed by atoms with Crippen LogP contribution in [0.1, 0.15) is 23.3 Å². The van der Waals surface area contributed by atoms with E-state index >= 15 is 0 Å². The zero-order valence-corrected chi connectivity index (χ0v) is 16.6. The van der Waals surface area contributed by atoms with Gasteiger partial charge in [-0.05, 0) is 24.0 Å². The van der Waals surface area contributed by atoms with E-state index in [9.17, 15) is 4.79 Å². The molecule has 6 rings (SSSR count). The lowest BCUT2D eigenvalue weighted by atomic mass is 10.2. The highest BCUT2D eigenvalue weighted by molar-refractivity contribution is 5.68. The largest absolute Gasteiger partial charge is 0.356 e. The van der Waals surface area contributed by atoms with E-state index in [1.54, 1.807) is 24.0 Å². The summed E-state index contributed by atoms with van der Waals surface area (Å²) in [6, 6.07) is 7.57. The van der Waals surface area contributed by atoms with Crippen molar-refractivity contribution in [3.63, 3.8) is 0 Å². The summed E-state index contributed by atoms with van der Waals surface area (Å²) >= 11 is 0. The Bertz CT molecular complexity index is 1400. The van der Waals surface area contributed by atoms with Gasteiger partial charge in [0, 0.05) is 26.1 Å². The lowest BCUT2D eigenvalue weighted by molar-refractivity contribution is 0.363. The van der Waals surface area contributed by atoms with Crippen LogP contribution in [-0.4, -0.2) is 47.3 Å². The second kappa shape index (κ2) is 6.46. The van der Waals surface area contributed by atoms with Crippen molar-refractivity contribution in [1.82, 2.24) is 34.2 Å². The molecular weight excluding hydrogens is 398 g/mol. The predicted octanol–water partition coefficient (Wildman–Crippen LogP) is 0.678. The molecular formula is C20H17N9O2. The highest BCUT2D eigenvalue weighted by Gasteiger charge is 2.58. The number of imidazole rings is 1. The molecule has 11 heteroatoms. The van der Waals surface area contributed by atoms with E-state index in [0.29, 0.717) is 40.4 Å². The molecule has 0 radical (unpaired) electrons. The SMILES string of the molecule is Cn1cnc2ncn(Cc3nc([C@H]4[C@@H]5CN(c6cccc(C#N)n6)C[C@@H]54)no3)c(=O)c21. The molecule has 5 heterocycles. The quantitative estimate of drug-likeness (QED) is 0.472. The van der Waals surface area contributed by atoms with Crippen LogP contribution in [0.2, 0.25) is 0 Å². The van der Waals surface area contributed by atoms with E-state index in [2.05, 4.69) is 36.1 Å². The molecule has 11 nitrogen and oxygen atoms in total. The topological polar surface area (TPSA) is 132 Å². The molecule has 2 aliphatic rings. The van der Waals surface area contributed by atoms with E-state index in [0.717, 1.165) is 18.9 Å². The Morgan fingerprint density at radius 1 is 1.19 bits per heavy atom. The van der Waals surface area contributed by atoms with Crippen LogP contribution in [0.3, 0.4) is 0 Å². The van der Waals surface area contributed by atoms with Gasteiger partial charge < -0.3 is 14.0 Å². The minimum atomic E-state index is -0.198. The van der Waals surface area contributed by atoms with Gasteiger partial charge in [-0.3, -0.25) is 9.36 Å². The molecule has 0 bridgehead atoms. The second-order valence-corrected chi connectivity index (χ2v) is 8.00. The Kier molecular flexibility index (Phi) is 3.70. The number of hydrogen-bond donors (Lipinski definition) is 0. The van der Waals surface area contributed by atoms with Crippen LogP contribution in [0.25, 0.3) is 11.2 Å². The second-order valence-electron chi connectivity index (χ2n) is 8.00. The number of aryl methyl sites for hydroxylation is 1. The van der Waals surface area contributed by atoms with Crippen LogP contribution < -0.4 is 10.5 Å². The van der Waals surface area contributed by atoms with Crippen LogP contribution in [0.15, 0.2) is 40.2 Å². The van der Waals surface area contributed by atoms with Crippen molar-refractivity contribution in [3.8, 4) is 6.07 Å². The molecule has 3 atom stereocenters. The maximum atomic E-state index is 12.7. The summed E-state index contributed by atoms with van der Waals surface area (Å²) in [5.41, 5.74) is 1.08. The molecule has 0 aromatic carbocycles. The minimum absolute atomic E-state index is 0.166. The highest BCUT2D eigenvalue weighted by Crippen LogP contribution is 2.57. The summed E-state index contributed by atoms with van der Waals surface area (Å²) in [7, 11) is 1.76. The first-order chi connectivity index (χ1) is 15.1. The fourth-order valence-electron chi connectivity index (χ4n) is 4.56. The lowest BCUT2D eigenvalue weighted by Gasteiger charge is -2.20. The van der Waals surface area contributed by atoms with Crippen LogP contribution in [-0.2, 0) is 13.6 Å². The number of fused-ring (bicyclic) bond motifs is 2. The molecule has 31 heavy (non-hydrogen) atoms. The Morgan fingerprint density at radius 2 is 2.00 bits per heavy atom. The van der Waals surface area contributed by atoms with Gasteiger partial charge in [-0.1, -0.05) is 11.2 Å². The van der Waals surface area contributed by atoms with Gasteiger partial charge in [0.15, 0.2) is 17.0 Å². The zero-order valence-electron chi connectivity index (χ0n) is 16.6. The molecule has 2 fully saturated rings. The molecule has 0 amide bonds. The Morgan fingerprint density at radius 3 is 2.81 bits per heavy atom. The smallest absolute Gasteiger partial charge is 0.280 e. The van der Waals surface area contributed by atoms with Crippen LogP contribution in [0.4, 0.5) is 5.82 Å². The first-order valence-electron chi connectivity index (χ1n) is 9.93. The van der Waals surface area contributed by atoms with E-state index in [-0.39, 0.29) is 18.0 Å². The van der Waals surface area contributed by atoms with E-state index in [1.165, 1.54) is 10.9 Å². The number of pyridine rings is 1. The van der Waals surface area contributed by atoms with Crippen LogP contribution >= 0.6 is 0 Å². The van der Waals surface area contributed by atoms with Gasteiger partial charge in [-0.25, -0.2) is 15.0 Å². The first-order valence-corrected chi connectivity index (χ1v) is 9.93. The van der Waals surface area contributed by atoms with Gasteiger partial charge >= 0.3 is 0 Å². The van der Waals surface area contributed by atoms with Crippen LogP contribution in [0.5, 0.6) is 0 Å².